The van der Waals surface area contributed by atoms with Crippen molar-refractivity contribution in [3.8, 4) is 0 Å². The third-order valence-corrected chi connectivity index (χ3v) is 2.73. The summed E-state index contributed by atoms with van der Waals surface area (Å²) in [5.74, 6) is 0. The Morgan fingerprint density at radius 1 is 1.56 bits per heavy atom. The van der Waals surface area contributed by atoms with E-state index in [4.69, 9.17) is 4.74 Å². The minimum absolute atomic E-state index is 0.237. The van der Waals surface area contributed by atoms with Gasteiger partial charge in [-0.15, -0.1) is 0 Å². The van der Waals surface area contributed by atoms with Gasteiger partial charge >= 0.3 is 6.09 Å². The smallest absolute Gasteiger partial charge is 0.407 e. The van der Waals surface area contributed by atoms with E-state index in [-0.39, 0.29) is 11.0 Å². The molecule has 6 nitrogen and oxygen atoms in total. The molecule has 0 unspecified atom stereocenters. The Labute approximate surface area is 107 Å². The van der Waals surface area contributed by atoms with Gasteiger partial charge in [0.2, 0.25) is 6.04 Å². The number of carbonyl (C=O) groups excluding carboxylic acids is 1. The number of nitro groups is 1. The number of rotatable bonds is 2. The monoisotopic (exact) mass is 256 g/mol. The fourth-order valence-corrected chi connectivity index (χ4v) is 1.86. The average molecular weight is 256 g/mol. The lowest BCUT2D eigenvalue weighted by molar-refractivity contribution is -0.514. The Bertz CT molecular complexity index is 371. The van der Waals surface area contributed by atoms with Crippen LogP contribution in [-0.4, -0.2) is 28.7 Å². The minimum atomic E-state index is -0.710. The lowest BCUT2D eigenvalue weighted by Gasteiger charge is -2.26. The van der Waals surface area contributed by atoms with Gasteiger partial charge in [0.05, 0.1) is 0 Å². The first-order valence-corrected chi connectivity index (χ1v) is 5.98. The summed E-state index contributed by atoms with van der Waals surface area (Å²) in [6.45, 7) is 7.07. The maximum atomic E-state index is 11.6. The SMILES string of the molecule is CC1=CC[C@@H](NC(=O)OC(C)(C)C)C[C@H]1[N+](=O)[O-]. The number of hydrogen-bond donors (Lipinski definition) is 1. The predicted octanol–water partition coefficient (Wildman–Crippen LogP) is 2.27. The molecule has 18 heavy (non-hydrogen) atoms. The van der Waals surface area contributed by atoms with Crippen molar-refractivity contribution in [3.05, 3.63) is 21.8 Å². The van der Waals surface area contributed by atoms with Crippen LogP contribution in [0.5, 0.6) is 0 Å². The summed E-state index contributed by atoms with van der Waals surface area (Å²) >= 11 is 0. The zero-order chi connectivity index (χ0) is 13.9. The highest BCUT2D eigenvalue weighted by Crippen LogP contribution is 2.21. The number of ether oxygens (including phenoxy) is 1. The molecule has 0 heterocycles. The van der Waals surface area contributed by atoms with Gasteiger partial charge in [0, 0.05) is 17.4 Å². The number of nitrogens with one attached hydrogen (secondary N) is 1. The molecular formula is C12H20N2O4. The Kier molecular flexibility index (Phi) is 4.32. The summed E-state index contributed by atoms with van der Waals surface area (Å²) < 4.78 is 5.12. The van der Waals surface area contributed by atoms with Crippen LogP contribution in [0.2, 0.25) is 0 Å². The summed E-state index contributed by atoms with van der Waals surface area (Å²) in [7, 11) is 0. The second kappa shape index (κ2) is 5.37. The highest BCUT2D eigenvalue weighted by molar-refractivity contribution is 5.68. The zero-order valence-electron chi connectivity index (χ0n) is 11.2. The molecule has 1 N–H and O–H groups in total. The molecule has 0 radical (unpaired) electrons. The van der Waals surface area contributed by atoms with Crippen LogP contribution in [0.15, 0.2) is 11.6 Å². The van der Waals surface area contributed by atoms with E-state index in [1.807, 2.05) is 0 Å². The van der Waals surface area contributed by atoms with Crippen LogP contribution in [0.1, 0.15) is 40.5 Å². The number of amides is 1. The first-order chi connectivity index (χ1) is 8.19. The fourth-order valence-electron chi connectivity index (χ4n) is 1.86. The maximum absolute atomic E-state index is 11.6. The number of nitrogens with zero attached hydrogens (tertiary/aromatic N) is 1. The molecule has 0 aromatic carbocycles. The topological polar surface area (TPSA) is 81.5 Å². The molecular weight excluding hydrogens is 236 g/mol. The lowest BCUT2D eigenvalue weighted by Crippen LogP contribution is -2.43. The summed E-state index contributed by atoms with van der Waals surface area (Å²) in [5, 5.41) is 13.5. The lowest BCUT2D eigenvalue weighted by atomic mass is 9.92. The molecule has 0 bridgehead atoms. The summed E-state index contributed by atoms with van der Waals surface area (Å²) in [5.41, 5.74) is 0.190. The van der Waals surface area contributed by atoms with Gasteiger partial charge in [0.15, 0.2) is 0 Å². The fraction of sp³-hybridized carbons (Fsp3) is 0.750. The van der Waals surface area contributed by atoms with Gasteiger partial charge in [-0.05, 0) is 39.7 Å². The zero-order valence-corrected chi connectivity index (χ0v) is 11.2. The largest absolute Gasteiger partial charge is 0.444 e. The van der Waals surface area contributed by atoms with E-state index in [1.165, 1.54) is 0 Å². The second-order valence-corrected chi connectivity index (χ2v) is 5.56. The molecule has 102 valence electrons. The van der Waals surface area contributed by atoms with E-state index >= 15 is 0 Å². The van der Waals surface area contributed by atoms with Crippen molar-refractivity contribution in [2.45, 2.75) is 58.2 Å². The number of carbonyl (C=O) groups is 1. The molecule has 0 aliphatic heterocycles. The van der Waals surface area contributed by atoms with Crippen LogP contribution in [0.4, 0.5) is 4.79 Å². The van der Waals surface area contributed by atoms with Gasteiger partial charge in [-0.25, -0.2) is 4.79 Å². The van der Waals surface area contributed by atoms with Gasteiger partial charge < -0.3 is 10.1 Å². The average Bonchev–Trinajstić information content (AvgIpc) is 2.17. The first-order valence-electron chi connectivity index (χ1n) is 5.98. The van der Waals surface area contributed by atoms with E-state index in [9.17, 15) is 14.9 Å². The molecule has 6 heteroatoms. The Hall–Kier alpha value is -1.59. The standard InChI is InChI=1S/C12H20N2O4/c1-8-5-6-9(7-10(8)14(16)17)13-11(15)18-12(2,3)4/h5,9-10H,6-7H2,1-4H3,(H,13,15)/t9-,10-/m1/s1. The predicted molar refractivity (Wildman–Crippen MR) is 66.9 cm³/mol. The van der Waals surface area contributed by atoms with Crippen LogP contribution < -0.4 is 5.32 Å². The number of hydrogen-bond acceptors (Lipinski definition) is 4. The molecule has 0 saturated carbocycles. The van der Waals surface area contributed by atoms with Gasteiger partial charge in [-0.1, -0.05) is 6.08 Å². The second-order valence-electron chi connectivity index (χ2n) is 5.56. The van der Waals surface area contributed by atoms with Crippen LogP contribution in [0.3, 0.4) is 0 Å². The van der Waals surface area contributed by atoms with Crippen molar-refractivity contribution in [2.24, 2.45) is 0 Å². The molecule has 1 aliphatic carbocycles. The quantitative estimate of drug-likeness (QED) is 0.467. The molecule has 0 aromatic rings. The summed E-state index contributed by atoms with van der Waals surface area (Å²) in [6.07, 6.45) is 2.20. The van der Waals surface area contributed by atoms with Crippen LogP contribution in [0.25, 0.3) is 0 Å². The van der Waals surface area contributed by atoms with Crippen molar-refractivity contribution in [2.75, 3.05) is 0 Å². The molecule has 0 fully saturated rings. The van der Waals surface area contributed by atoms with Gasteiger partial charge in [-0.3, -0.25) is 10.1 Å². The molecule has 1 amide bonds. The molecule has 1 aliphatic rings. The highest BCUT2D eigenvalue weighted by atomic mass is 16.6. The van der Waals surface area contributed by atoms with Gasteiger partial charge in [0.25, 0.3) is 0 Å². The molecule has 1 rings (SSSR count). The number of alkyl carbamates (subject to hydrolysis) is 1. The van der Waals surface area contributed by atoms with E-state index < -0.39 is 17.7 Å². The van der Waals surface area contributed by atoms with E-state index in [2.05, 4.69) is 5.32 Å². The molecule has 0 aromatic heterocycles. The molecule has 2 atom stereocenters. The van der Waals surface area contributed by atoms with Crippen LogP contribution in [-0.2, 0) is 4.74 Å². The Morgan fingerprint density at radius 3 is 2.67 bits per heavy atom. The van der Waals surface area contributed by atoms with Crippen molar-refractivity contribution < 1.29 is 14.5 Å². The maximum Gasteiger partial charge on any atom is 0.407 e. The Balaban J connectivity index is 2.55. The van der Waals surface area contributed by atoms with Crippen molar-refractivity contribution >= 4 is 6.09 Å². The van der Waals surface area contributed by atoms with Crippen LogP contribution >= 0.6 is 0 Å². The highest BCUT2D eigenvalue weighted by Gasteiger charge is 2.31. The van der Waals surface area contributed by atoms with E-state index in [0.29, 0.717) is 12.8 Å². The van der Waals surface area contributed by atoms with Crippen molar-refractivity contribution in [1.29, 1.82) is 0 Å². The van der Waals surface area contributed by atoms with E-state index in [0.717, 1.165) is 5.57 Å². The minimum Gasteiger partial charge on any atom is -0.444 e. The normalized spacial score (nSPS) is 24.1. The molecule has 0 spiro atoms. The van der Waals surface area contributed by atoms with E-state index in [1.54, 1.807) is 33.8 Å². The Morgan fingerprint density at radius 2 is 2.17 bits per heavy atom. The third-order valence-electron chi connectivity index (χ3n) is 2.73. The van der Waals surface area contributed by atoms with Crippen molar-refractivity contribution in [1.82, 2.24) is 5.32 Å². The third kappa shape index (κ3) is 4.35. The molecule has 0 saturated heterocycles. The van der Waals surface area contributed by atoms with Crippen LogP contribution in [0, 0.1) is 10.1 Å². The summed E-state index contributed by atoms with van der Waals surface area (Å²) in [4.78, 5) is 22.1. The first kappa shape index (κ1) is 14.5. The summed E-state index contributed by atoms with van der Waals surface area (Å²) in [6, 6.07) is -0.947. The van der Waals surface area contributed by atoms with Gasteiger partial charge in [0.1, 0.15) is 5.60 Å². The van der Waals surface area contributed by atoms with Gasteiger partial charge in [-0.2, -0.15) is 0 Å². The van der Waals surface area contributed by atoms with Crippen molar-refractivity contribution in [3.63, 3.8) is 0 Å².